The maximum Gasteiger partial charge on any atom is 0.397 e. The molecule has 0 saturated heterocycles. The van der Waals surface area contributed by atoms with Gasteiger partial charge in [-0.2, -0.15) is 8.42 Å². The number of ether oxygens (including phenoxy) is 1. The van der Waals surface area contributed by atoms with Crippen LogP contribution in [0.25, 0.3) is 32.3 Å². The van der Waals surface area contributed by atoms with Gasteiger partial charge in [-0.1, -0.05) is 75.4 Å². The molecule has 1 amide bonds. The van der Waals surface area contributed by atoms with E-state index in [1.807, 2.05) is 30.3 Å². The Bertz CT molecular complexity index is 2260. The van der Waals surface area contributed by atoms with Crippen LogP contribution in [-0.2, 0) is 28.9 Å². The van der Waals surface area contributed by atoms with E-state index < -0.39 is 46.7 Å². The number of benzene rings is 4. The normalized spacial score (nSPS) is 33.5. The Balaban J connectivity index is 0.837. The van der Waals surface area contributed by atoms with Gasteiger partial charge in [0.25, 0.3) is 0 Å². The van der Waals surface area contributed by atoms with Crippen molar-refractivity contribution in [3.63, 3.8) is 0 Å². The van der Waals surface area contributed by atoms with Crippen LogP contribution in [0.4, 0.5) is 0 Å². The summed E-state index contributed by atoms with van der Waals surface area (Å²) < 4.78 is 42.4. The summed E-state index contributed by atoms with van der Waals surface area (Å²) in [4.78, 5) is 38.9. The number of esters is 1. The molecule has 0 spiro atoms. The zero-order valence-corrected chi connectivity index (χ0v) is 33.1. The van der Waals surface area contributed by atoms with Crippen molar-refractivity contribution in [3.8, 4) is 0 Å². The van der Waals surface area contributed by atoms with Gasteiger partial charge in [0.2, 0.25) is 11.7 Å². The number of rotatable bonds is 11. The van der Waals surface area contributed by atoms with E-state index in [1.165, 1.54) is 0 Å². The van der Waals surface area contributed by atoms with Crippen molar-refractivity contribution < 1.29 is 46.5 Å². The van der Waals surface area contributed by atoms with Crippen molar-refractivity contribution in [2.45, 2.75) is 96.9 Å². The molecule has 8 rings (SSSR count). The van der Waals surface area contributed by atoms with Crippen molar-refractivity contribution in [3.05, 3.63) is 60.2 Å². The van der Waals surface area contributed by atoms with Gasteiger partial charge in [-0.15, -0.1) is 0 Å². The number of nitrogens with one attached hydrogen (secondary N) is 1. The number of aliphatic hydroxyl groups is 2. The van der Waals surface area contributed by atoms with Crippen LogP contribution in [0.2, 0.25) is 0 Å². The van der Waals surface area contributed by atoms with E-state index in [1.54, 1.807) is 6.07 Å². The first-order chi connectivity index (χ1) is 26.6. The quantitative estimate of drug-likeness (QED) is 0.0559. The summed E-state index contributed by atoms with van der Waals surface area (Å²) in [6, 6.07) is 17.9. The van der Waals surface area contributed by atoms with Crippen molar-refractivity contribution >= 4 is 60.4 Å². The molecule has 11 nitrogen and oxygen atoms in total. The first kappa shape index (κ1) is 39.2. The fraction of sp³-hybridized carbons (Fsp3) is 0.568. The second-order valence-electron chi connectivity index (χ2n) is 17.9. The number of Topliss-reactive ketones (excluding diaryl/α,β-unsaturated/α-hetero) is 1. The van der Waals surface area contributed by atoms with Gasteiger partial charge >= 0.3 is 16.4 Å². The Morgan fingerprint density at radius 1 is 0.893 bits per heavy atom. The Labute approximate surface area is 327 Å². The van der Waals surface area contributed by atoms with Gasteiger partial charge in [0.05, 0.1) is 18.3 Å². The number of hydrogen-bond acceptors (Lipinski definition) is 9. The number of aliphatic hydroxyl groups excluding tert-OH is 2. The molecule has 0 bridgehead atoms. The third-order valence-electron chi connectivity index (χ3n) is 15.2. The predicted molar refractivity (Wildman–Crippen MR) is 211 cm³/mol. The minimum Gasteiger partial charge on any atom is -0.456 e. The molecule has 4 aromatic rings. The molecule has 0 radical (unpaired) electrons. The fourth-order valence-electron chi connectivity index (χ4n) is 12.4. The lowest BCUT2D eigenvalue weighted by Gasteiger charge is -2.63. The van der Waals surface area contributed by atoms with Crippen LogP contribution in [0.5, 0.6) is 0 Å². The highest BCUT2D eigenvalue weighted by Gasteiger charge is 2.65. The maximum atomic E-state index is 13.3. The highest BCUT2D eigenvalue weighted by molar-refractivity contribution is 7.80. The molecule has 0 heterocycles. The van der Waals surface area contributed by atoms with Crippen molar-refractivity contribution in [1.82, 2.24) is 5.32 Å². The average molecular weight is 788 g/mol. The predicted octanol–water partition coefficient (Wildman–Crippen LogP) is 6.63. The first-order valence-corrected chi connectivity index (χ1v) is 21.6. The molecule has 4 aliphatic carbocycles. The van der Waals surface area contributed by atoms with Gasteiger partial charge in [0.1, 0.15) is 6.54 Å². The summed E-state index contributed by atoms with van der Waals surface area (Å²) in [5, 5.41) is 32.4. The van der Waals surface area contributed by atoms with Gasteiger partial charge in [-0.3, -0.25) is 18.9 Å². The number of carbonyl (C=O) groups excluding carboxylic acids is 3. The molecule has 4 saturated carbocycles. The zero-order valence-electron chi connectivity index (χ0n) is 32.3. The van der Waals surface area contributed by atoms with Crippen LogP contribution in [0.3, 0.4) is 0 Å². The van der Waals surface area contributed by atoms with Gasteiger partial charge in [-0.05, 0) is 130 Å². The van der Waals surface area contributed by atoms with Crippen molar-refractivity contribution in [2.24, 2.45) is 46.3 Å². The number of amides is 1. The highest BCUT2D eigenvalue weighted by Crippen LogP contribution is 2.68. The van der Waals surface area contributed by atoms with E-state index in [9.17, 15) is 37.6 Å². The van der Waals surface area contributed by atoms with Gasteiger partial charge < -0.3 is 20.3 Å². The van der Waals surface area contributed by atoms with Crippen LogP contribution in [0.15, 0.2) is 54.6 Å². The van der Waals surface area contributed by atoms with Crippen LogP contribution in [0.1, 0.15) is 88.9 Å². The summed E-state index contributed by atoms with van der Waals surface area (Å²) in [6.45, 7) is 5.72. The molecule has 0 unspecified atom stereocenters. The van der Waals surface area contributed by atoms with E-state index in [2.05, 4.69) is 44.3 Å². The summed E-state index contributed by atoms with van der Waals surface area (Å²) >= 11 is 0. The van der Waals surface area contributed by atoms with Gasteiger partial charge in [-0.25, -0.2) is 4.18 Å². The number of hydrogen-bond donors (Lipinski definition) is 4. The van der Waals surface area contributed by atoms with E-state index in [4.69, 9.17) is 8.92 Å². The lowest BCUT2D eigenvalue weighted by molar-refractivity contribution is -0.206. The van der Waals surface area contributed by atoms with Crippen LogP contribution in [0, 0.1) is 46.3 Å². The SMILES string of the molecule is C[C@H](CCC(=O)NCC(=O)OCC(=O)c1ccc2ccc3cccc4ccc1c2c34)[C@H]1CC[C@H]2[C@@H]3[C@H](O)C[C@@H]4C[C@H](OS(=O)(=O)O)CC[C@]4(C)[C@H]3C[C@H](O)[C@]12C. The van der Waals surface area contributed by atoms with E-state index in [0.717, 1.165) is 45.2 Å². The molecular weight excluding hydrogens is 735 g/mol. The van der Waals surface area contributed by atoms with Crippen LogP contribution in [-0.4, -0.2) is 72.3 Å². The molecule has 12 heteroatoms. The Hall–Kier alpha value is -3.68. The van der Waals surface area contributed by atoms with Crippen molar-refractivity contribution in [2.75, 3.05) is 13.2 Å². The average Bonchev–Trinajstić information content (AvgIpc) is 3.52. The molecule has 0 aliphatic heterocycles. The maximum absolute atomic E-state index is 13.3. The summed E-state index contributed by atoms with van der Waals surface area (Å²) in [7, 11) is -4.56. The number of carbonyl (C=O) groups is 3. The largest absolute Gasteiger partial charge is 0.456 e. The molecule has 4 aliphatic rings. The standard InChI is InChI=1S/C44H53NO10S/c1-24(32-14-15-33-42-34(21-37(48)44(32,33)3)43(2)18-17-29(55-56(51,52)53)19-28(43)20-35(42)46)7-16-38(49)45-22-39(50)54-23-36(47)30-12-10-27-9-8-25-5-4-6-26-11-13-31(30)41(27)40(25)26/h4-6,8-13,24,28-29,32-35,37,42,46,48H,7,14-23H2,1-3H3,(H,45,49)(H,51,52,53)/t24-,28+,29-,32-,33+,34+,35-,37+,42+,43+,44-/m1/s1. The molecule has 11 atom stereocenters. The van der Waals surface area contributed by atoms with E-state index in [-0.39, 0.29) is 65.6 Å². The third-order valence-corrected chi connectivity index (χ3v) is 15.7. The van der Waals surface area contributed by atoms with E-state index in [0.29, 0.717) is 44.1 Å². The highest BCUT2D eigenvalue weighted by atomic mass is 32.3. The number of ketones is 1. The van der Waals surface area contributed by atoms with Crippen LogP contribution < -0.4 is 5.32 Å². The minimum absolute atomic E-state index is 0.0101. The first-order valence-electron chi connectivity index (χ1n) is 20.2. The molecule has 4 fully saturated rings. The second-order valence-corrected chi connectivity index (χ2v) is 18.9. The fourth-order valence-corrected chi connectivity index (χ4v) is 13.0. The zero-order chi connectivity index (χ0) is 39.7. The lowest BCUT2D eigenvalue weighted by atomic mass is 9.43. The third kappa shape index (κ3) is 6.78. The minimum atomic E-state index is -4.56. The molecule has 0 aromatic heterocycles. The molecule has 56 heavy (non-hydrogen) atoms. The summed E-state index contributed by atoms with van der Waals surface area (Å²) in [6.07, 6.45) is 3.44. The van der Waals surface area contributed by atoms with Crippen molar-refractivity contribution in [1.29, 1.82) is 0 Å². The van der Waals surface area contributed by atoms with E-state index >= 15 is 0 Å². The number of fused-ring (bicyclic) bond motifs is 5. The summed E-state index contributed by atoms with van der Waals surface area (Å²) in [5.41, 5.74) is -0.140. The Morgan fingerprint density at radius 2 is 1.59 bits per heavy atom. The topological polar surface area (TPSA) is 177 Å². The Morgan fingerprint density at radius 3 is 2.32 bits per heavy atom. The van der Waals surface area contributed by atoms with Gasteiger partial charge in [0.15, 0.2) is 6.61 Å². The lowest BCUT2D eigenvalue weighted by Crippen LogP contribution is -2.62. The second kappa shape index (κ2) is 14.6. The monoisotopic (exact) mass is 787 g/mol. The van der Waals surface area contributed by atoms with Gasteiger partial charge in [0, 0.05) is 12.0 Å². The van der Waals surface area contributed by atoms with Crippen LogP contribution >= 0.6 is 0 Å². The smallest absolute Gasteiger partial charge is 0.397 e. The molecular formula is C44H53NO10S. The molecule has 300 valence electrons. The Kier molecular flexibility index (Phi) is 10.2. The molecule has 4 N–H and O–H groups in total. The molecule has 4 aromatic carbocycles. The summed E-state index contributed by atoms with van der Waals surface area (Å²) in [5.74, 6) is -0.836.